The van der Waals surface area contributed by atoms with Crippen molar-refractivity contribution in [1.29, 1.82) is 0 Å². The number of benzene rings is 2. The van der Waals surface area contributed by atoms with Gasteiger partial charge in [0.25, 0.3) is 17.2 Å². The van der Waals surface area contributed by atoms with Crippen molar-refractivity contribution in [1.82, 2.24) is 9.97 Å². The number of nitrogen functional groups attached to an aromatic ring is 1. The Labute approximate surface area is 154 Å². The second-order valence-electron chi connectivity index (χ2n) is 5.05. The molecule has 26 heavy (non-hydrogen) atoms. The molecule has 0 saturated heterocycles. The van der Waals surface area contributed by atoms with Crippen LogP contribution in [0, 0.1) is 5.82 Å². The van der Waals surface area contributed by atoms with Gasteiger partial charge in [0.1, 0.15) is 18.0 Å². The highest BCUT2D eigenvalue weighted by Crippen LogP contribution is 2.33. The lowest BCUT2D eigenvalue weighted by Crippen LogP contribution is -2.15. The molecular formula is C15H11ClFN5O3S. The monoisotopic (exact) mass is 395 g/mol. The van der Waals surface area contributed by atoms with Gasteiger partial charge in [0.2, 0.25) is 0 Å². The van der Waals surface area contributed by atoms with E-state index < -0.39 is 23.0 Å². The summed E-state index contributed by atoms with van der Waals surface area (Å²) in [6, 6.07) is 6.89. The first-order valence-electron chi connectivity index (χ1n) is 7.04. The van der Waals surface area contributed by atoms with E-state index in [0.29, 0.717) is 10.9 Å². The van der Waals surface area contributed by atoms with Crippen LogP contribution in [0.3, 0.4) is 0 Å². The summed E-state index contributed by atoms with van der Waals surface area (Å²) >= 11 is 3.61. The molecule has 3 rings (SSSR count). The van der Waals surface area contributed by atoms with Crippen LogP contribution in [0.15, 0.2) is 36.7 Å². The van der Waals surface area contributed by atoms with Gasteiger partial charge in [0.15, 0.2) is 0 Å². The lowest BCUT2D eigenvalue weighted by molar-refractivity contribution is 0.102. The summed E-state index contributed by atoms with van der Waals surface area (Å²) in [5.74, 6) is -1.30. The highest BCUT2D eigenvalue weighted by atomic mass is 35.5. The smallest absolute Gasteiger partial charge is 0.259 e. The fourth-order valence-corrected chi connectivity index (χ4v) is 2.97. The van der Waals surface area contributed by atoms with Crippen molar-refractivity contribution in [2.45, 2.75) is 0 Å². The van der Waals surface area contributed by atoms with Crippen molar-refractivity contribution in [3.63, 3.8) is 0 Å². The average molecular weight is 396 g/mol. The molecule has 0 saturated carbocycles. The van der Waals surface area contributed by atoms with Crippen LogP contribution in [0.1, 0.15) is 10.4 Å². The number of rotatable bonds is 4. The van der Waals surface area contributed by atoms with Crippen LogP contribution >= 0.6 is 11.6 Å². The van der Waals surface area contributed by atoms with Crippen molar-refractivity contribution in [3.8, 4) is 0 Å². The number of nitrogens with two attached hydrogens (primary N) is 1. The molecular weight excluding hydrogens is 385 g/mol. The van der Waals surface area contributed by atoms with Crippen LogP contribution in [0.25, 0.3) is 10.9 Å². The average Bonchev–Trinajstić information content (AvgIpc) is 2.60. The Kier molecular flexibility index (Phi) is 4.98. The van der Waals surface area contributed by atoms with Crippen molar-refractivity contribution < 1.29 is 17.9 Å². The molecule has 1 aromatic heterocycles. The SMILES string of the molecule is Nc1ncnc2c(C(=O)Nc3c(F)ccc(NS(=O)O)c3Cl)cccc12. The Morgan fingerprint density at radius 2 is 2.04 bits per heavy atom. The summed E-state index contributed by atoms with van der Waals surface area (Å²) in [4.78, 5) is 20.5. The van der Waals surface area contributed by atoms with Gasteiger partial charge >= 0.3 is 0 Å². The molecule has 3 aromatic rings. The van der Waals surface area contributed by atoms with Gasteiger partial charge in [-0.3, -0.25) is 14.1 Å². The van der Waals surface area contributed by atoms with E-state index in [4.69, 9.17) is 21.9 Å². The molecule has 0 bridgehead atoms. The molecule has 8 nitrogen and oxygen atoms in total. The van der Waals surface area contributed by atoms with E-state index in [-0.39, 0.29) is 27.8 Å². The summed E-state index contributed by atoms with van der Waals surface area (Å²) < 4.78 is 36.0. The number of nitrogens with zero attached hydrogens (tertiary/aromatic N) is 2. The highest BCUT2D eigenvalue weighted by Gasteiger charge is 2.18. The van der Waals surface area contributed by atoms with Gasteiger partial charge in [-0.05, 0) is 24.3 Å². The second kappa shape index (κ2) is 7.20. The summed E-state index contributed by atoms with van der Waals surface area (Å²) in [5.41, 5.74) is 5.83. The van der Waals surface area contributed by atoms with Crippen LogP contribution in [0.2, 0.25) is 5.02 Å². The number of nitrogens with one attached hydrogen (secondary N) is 2. The zero-order valence-corrected chi connectivity index (χ0v) is 14.4. The van der Waals surface area contributed by atoms with Crippen LogP contribution in [0.5, 0.6) is 0 Å². The largest absolute Gasteiger partial charge is 0.383 e. The molecule has 11 heteroatoms. The number of fused-ring (bicyclic) bond motifs is 1. The molecule has 1 amide bonds. The van der Waals surface area contributed by atoms with E-state index in [1.165, 1.54) is 18.5 Å². The molecule has 0 aliphatic heterocycles. The molecule has 0 aliphatic carbocycles. The molecule has 2 aromatic carbocycles. The Hall–Kier alpha value is -2.82. The minimum absolute atomic E-state index is 0.0197. The summed E-state index contributed by atoms with van der Waals surface area (Å²) in [6.07, 6.45) is 1.21. The van der Waals surface area contributed by atoms with Crippen molar-refractivity contribution in [2.75, 3.05) is 15.8 Å². The summed E-state index contributed by atoms with van der Waals surface area (Å²) in [7, 11) is 0. The number of amides is 1. The fourth-order valence-electron chi connectivity index (χ4n) is 2.31. The molecule has 0 spiro atoms. The van der Waals surface area contributed by atoms with E-state index >= 15 is 0 Å². The molecule has 0 aliphatic rings. The lowest BCUT2D eigenvalue weighted by Gasteiger charge is -2.13. The number of hydrogen-bond donors (Lipinski definition) is 4. The lowest BCUT2D eigenvalue weighted by atomic mass is 10.1. The Balaban J connectivity index is 2.02. The van der Waals surface area contributed by atoms with Gasteiger partial charge in [0.05, 0.1) is 27.5 Å². The number of hydrogen-bond acceptors (Lipinski definition) is 5. The number of anilines is 3. The standard InChI is InChI=1S/C15H11ClFN5O3S/c16-11-10(22-26(24)25)5-4-9(17)13(11)21-15(23)8-3-1-2-7-12(8)19-6-20-14(7)18/h1-6,22H,(H,21,23)(H,24,25)(H2,18,19,20). The number of aromatic nitrogens is 2. The quantitative estimate of drug-likeness (QED) is 0.502. The van der Waals surface area contributed by atoms with Gasteiger partial charge in [-0.25, -0.2) is 18.6 Å². The normalized spacial score (nSPS) is 12.0. The van der Waals surface area contributed by atoms with Gasteiger partial charge in [-0.1, -0.05) is 17.7 Å². The predicted molar refractivity (Wildman–Crippen MR) is 97.7 cm³/mol. The van der Waals surface area contributed by atoms with Gasteiger partial charge in [-0.15, -0.1) is 0 Å². The third-order valence-electron chi connectivity index (χ3n) is 3.47. The van der Waals surface area contributed by atoms with Gasteiger partial charge in [0, 0.05) is 5.39 Å². The maximum Gasteiger partial charge on any atom is 0.259 e. The van der Waals surface area contributed by atoms with Crippen LogP contribution < -0.4 is 15.8 Å². The Morgan fingerprint density at radius 3 is 2.77 bits per heavy atom. The first-order chi connectivity index (χ1) is 12.4. The Bertz CT molecular complexity index is 1050. The van der Waals surface area contributed by atoms with Crippen LogP contribution in [-0.4, -0.2) is 24.6 Å². The summed E-state index contributed by atoms with van der Waals surface area (Å²) in [6.45, 7) is 0. The maximum atomic E-state index is 14.1. The number of halogens is 2. The first kappa shape index (κ1) is 18.0. The Morgan fingerprint density at radius 1 is 1.27 bits per heavy atom. The van der Waals surface area contributed by atoms with Gasteiger partial charge < -0.3 is 11.1 Å². The zero-order valence-electron chi connectivity index (χ0n) is 12.9. The van der Waals surface area contributed by atoms with Crippen molar-refractivity contribution in [3.05, 3.63) is 53.1 Å². The summed E-state index contributed by atoms with van der Waals surface area (Å²) in [5, 5.41) is 2.57. The van der Waals surface area contributed by atoms with E-state index in [2.05, 4.69) is 20.0 Å². The van der Waals surface area contributed by atoms with E-state index in [1.807, 2.05) is 0 Å². The first-order valence-corrected chi connectivity index (χ1v) is 8.53. The molecule has 0 radical (unpaired) electrons. The van der Waals surface area contributed by atoms with E-state index in [0.717, 1.165) is 6.07 Å². The maximum absolute atomic E-state index is 14.1. The highest BCUT2D eigenvalue weighted by molar-refractivity contribution is 7.80. The van der Waals surface area contributed by atoms with Crippen molar-refractivity contribution in [2.24, 2.45) is 0 Å². The molecule has 1 heterocycles. The van der Waals surface area contributed by atoms with Crippen LogP contribution in [-0.2, 0) is 11.3 Å². The van der Waals surface area contributed by atoms with Gasteiger partial charge in [-0.2, -0.15) is 0 Å². The fraction of sp³-hybridized carbons (Fsp3) is 0. The molecule has 1 unspecified atom stereocenters. The molecule has 5 N–H and O–H groups in total. The topological polar surface area (TPSA) is 130 Å². The number of carbonyl (C=O) groups excluding carboxylic acids is 1. The minimum Gasteiger partial charge on any atom is -0.383 e. The van der Waals surface area contributed by atoms with E-state index in [1.54, 1.807) is 12.1 Å². The minimum atomic E-state index is -2.41. The molecule has 134 valence electrons. The van der Waals surface area contributed by atoms with Crippen LogP contribution in [0.4, 0.5) is 21.6 Å². The third kappa shape index (κ3) is 3.43. The zero-order chi connectivity index (χ0) is 18.8. The second-order valence-corrected chi connectivity index (χ2v) is 6.13. The number of para-hydroxylation sites is 1. The third-order valence-corrected chi connectivity index (χ3v) is 4.25. The predicted octanol–water partition coefficient (Wildman–Crippen LogP) is 2.81. The van der Waals surface area contributed by atoms with Crippen molar-refractivity contribution >= 4 is 56.9 Å². The van der Waals surface area contributed by atoms with E-state index in [9.17, 15) is 13.4 Å². The molecule has 0 fully saturated rings. The number of carbonyl (C=O) groups is 1. The molecule has 1 atom stereocenters.